The van der Waals surface area contributed by atoms with Crippen molar-refractivity contribution in [1.29, 1.82) is 0 Å². The molecule has 0 saturated heterocycles. The summed E-state index contributed by atoms with van der Waals surface area (Å²) >= 11 is 12.3. The largest absolute Gasteiger partial charge is 0.544 e. The minimum Gasteiger partial charge on any atom is -0.544 e. The van der Waals surface area contributed by atoms with Gasteiger partial charge in [-0.15, -0.1) is 34.0 Å². The number of rotatable bonds is 9. The molecule has 12 N–H and O–H groups in total. The standard InChI is InChI=1S/3C10H6BrF2O3PS.3H3N/c3*11-7-3-8-5(2-9(18-8)10(14)15)1-6(7)4-17(12,13)16;;;/h3*1-3H,4H2,(H,14,15);3*1H3. The van der Waals surface area contributed by atoms with E-state index in [-0.39, 0.29) is 49.8 Å². The summed E-state index contributed by atoms with van der Waals surface area (Å²) in [5.74, 6) is -3.93. The molecule has 0 unspecified atom stereocenters. The van der Waals surface area contributed by atoms with E-state index < -0.39 is 59.7 Å². The van der Waals surface area contributed by atoms with Crippen molar-refractivity contribution < 1.29 is 68.6 Å². The zero-order valence-corrected chi connectivity index (χ0v) is 38.9. The summed E-state index contributed by atoms with van der Waals surface area (Å²) in [6.07, 6.45) is -2.50. The smallest absolute Gasteiger partial charge is 0.407 e. The molecule has 0 aliphatic heterocycles. The van der Waals surface area contributed by atoms with E-state index in [1.807, 2.05) is 0 Å². The molecule has 27 heteroatoms. The lowest BCUT2D eigenvalue weighted by atomic mass is 10.2. The van der Waals surface area contributed by atoms with Gasteiger partial charge in [0.15, 0.2) is 0 Å². The zero-order chi connectivity index (χ0) is 40.5. The number of thiophene rings is 3. The van der Waals surface area contributed by atoms with E-state index in [9.17, 15) is 68.6 Å². The van der Waals surface area contributed by atoms with Crippen LogP contribution in [-0.4, -0.2) is 17.9 Å². The first kappa shape index (κ1) is 52.6. The van der Waals surface area contributed by atoms with Gasteiger partial charge in [0.1, 0.15) is 0 Å². The summed E-state index contributed by atoms with van der Waals surface area (Å²) in [5.41, 5.74) is 0.579. The molecule has 6 rings (SSSR count). The molecule has 0 aliphatic rings. The summed E-state index contributed by atoms with van der Waals surface area (Å²) in [6, 6.07) is 12.9. The predicted octanol–water partition coefficient (Wildman–Crippen LogP) is 12.1. The summed E-state index contributed by atoms with van der Waals surface area (Å²) in [5, 5.41) is 33.6. The van der Waals surface area contributed by atoms with E-state index in [1.165, 1.54) is 54.6 Å². The third-order valence-electron chi connectivity index (χ3n) is 6.72. The molecule has 0 fully saturated rings. The van der Waals surface area contributed by atoms with Crippen LogP contribution in [0.3, 0.4) is 0 Å². The van der Waals surface area contributed by atoms with E-state index in [0.29, 0.717) is 43.7 Å². The average molecular weight is 1120 g/mol. The molecule has 3 aromatic heterocycles. The van der Waals surface area contributed by atoms with Gasteiger partial charge in [0.25, 0.3) is 0 Å². The SMILES string of the molecule is O=C([O-])c1cc2cc(CP(=O)(F)F)c(Br)cc2s1.O=C([O-])c1cc2cc(CP(=O)(F)F)c(Br)cc2s1.O=C([O-])c1cc2cc(CP(=O)(F)F)c(Br)cc2s1.[NH4+].[NH4+].[NH4+]. The van der Waals surface area contributed by atoms with Crippen molar-refractivity contribution in [2.75, 3.05) is 0 Å². The monoisotopic (exact) mass is 1110 g/mol. The lowest BCUT2D eigenvalue weighted by Gasteiger charge is -2.03. The molecule has 0 atom stereocenters. The maximum absolute atomic E-state index is 12.6. The first-order valence-electron chi connectivity index (χ1n) is 14.0. The Bertz CT molecular complexity index is 2330. The fourth-order valence-corrected chi connectivity index (χ4v) is 11.9. The highest BCUT2D eigenvalue weighted by Gasteiger charge is 2.24. The lowest BCUT2D eigenvalue weighted by Crippen LogP contribution is -2.20. The third-order valence-corrected chi connectivity index (χ3v) is 14.3. The van der Waals surface area contributed by atoms with E-state index in [0.717, 1.165) is 34.0 Å². The number of quaternary nitrogens is 3. The highest BCUT2D eigenvalue weighted by Crippen LogP contribution is 2.55. The number of hydrogen-bond donors (Lipinski definition) is 3. The fourth-order valence-electron chi connectivity index (χ4n) is 4.59. The van der Waals surface area contributed by atoms with Crippen LogP contribution in [-0.2, 0) is 32.2 Å². The maximum atomic E-state index is 12.6. The van der Waals surface area contributed by atoms with Gasteiger partial charge >= 0.3 is 23.3 Å². The van der Waals surface area contributed by atoms with Crippen LogP contribution >= 0.6 is 105 Å². The molecule has 0 spiro atoms. The first-order chi connectivity index (χ1) is 24.8. The predicted molar refractivity (Wildman–Crippen MR) is 220 cm³/mol. The van der Waals surface area contributed by atoms with Crippen molar-refractivity contribution in [1.82, 2.24) is 18.5 Å². The second kappa shape index (κ2) is 20.7. The number of carbonyl (C=O) groups is 3. The Morgan fingerprint density at radius 2 is 0.667 bits per heavy atom. The van der Waals surface area contributed by atoms with Gasteiger partial charge < -0.3 is 48.2 Å². The number of aromatic carboxylic acids is 3. The van der Waals surface area contributed by atoms with Gasteiger partial charge in [0.05, 0.1) is 51.0 Å². The number of halogens is 9. The Kier molecular flexibility index (Phi) is 19.1. The number of carbonyl (C=O) groups excluding carboxylic acids is 3. The van der Waals surface area contributed by atoms with Gasteiger partial charge in [-0.2, -0.15) is 25.2 Å². The van der Waals surface area contributed by atoms with Crippen LogP contribution in [0.25, 0.3) is 30.3 Å². The second-order valence-corrected chi connectivity index (χ2v) is 21.0. The van der Waals surface area contributed by atoms with Crippen molar-refractivity contribution in [3.63, 3.8) is 0 Å². The van der Waals surface area contributed by atoms with Crippen molar-refractivity contribution in [3.8, 4) is 0 Å². The van der Waals surface area contributed by atoms with E-state index in [2.05, 4.69) is 47.8 Å². The molecule has 0 aliphatic carbocycles. The number of carboxylic acids is 3. The quantitative estimate of drug-likeness (QED) is 0.0915. The van der Waals surface area contributed by atoms with Crippen molar-refractivity contribution >= 4 is 153 Å². The summed E-state index contributed by atoms with van der Waals surface area (Å²) in [4.78, 5) is 32.2. The highest BCUT2D eigenvalue weighted by atomic mass is 79.9. The van der Waals surface area contributed by atoms with Crippen LogP contribution in [0, 0.1) is 0 Å². The van der Waals surface area contributed by atoms with E-state index >= 15 is 0 Å². The van der Waals surface area contributed by atoms with E-state index in [4.69, 9.17) is 0 Å². The molecular formula is C30H27Br3F6N3O9P3S3. The van der Waals surface area contributed by atoms with Crippen molar-refractivity contribution in [3.05, 3.63) is 99.3 Å². The van der Waals surface area contributed by atoms with Crippen LogP contribution in [0.5, 0.6) is 0 Å². The van der Waals surface area contributed by atoms with Gasteiger partial charge in [0, 0.05) is 27.5 Å². The maximum Gasteiger partial charge on any atom is 0.407 e. The summed E-state index contributed by atoms with van der Waals surface area (Å²) < 4.78 is 110. The van der Waals surface area contributed by atoms with Gasteiger partial charge in [-0.3, -0.25) is 0 Å². The normalized spacial score (nSPS) is 11.3. The Balaban J connectivity index is 0.000000417. The second-order valence-electron chi connectivity index (χ2n) is 10.8. The van der Waals surface area contributed by atoms with Crippen LogP contribution in [0.1, 0.15) is 45.7 Å². The number of benzene rings is 3. The molecule has 0 amide bonds. The Hall–Kier alpha value is -2.46. The molecule has 3 heterocycles. The van der Waals surface area contributed by atoms with E-state index in [1.54, 1.807) is 0 Å². The Labute approximate surface area is 355 Å². The fraction of sp³-hybridized carbons (Fsp3) is 0.100. The molecule has 3 aromatic carbocycles. The van der Waals surface area contributed by atoms with Gasteiger partial charge in [-0.05, 0) is 87.4 Å². The third kappa shape index (κ3) is 15.3. The molecule has 0 radical (unpaired) electrons. The van der Waals surface area contributed by atoms with Crippen LogP contribution in [0.15, 0.2) is 68.0 Å². The molecule has 6 aromatic rings. The van der Waals surface area contributed by atoms with Gasteiger partial charge in [-0.1, -0.05) is 47.8 Å². The van der Waals surface area contributed by atoms with Crippen LogP contribution < -0.4 is 33.8 Å². The molecule has 312 valence electrons. The summed E-state index contributed by atoms with van der Waals surface area (Å²) in [7, 11) is -15.5. The van der Waals surface area contributed by atoms with Gasteiger partial charge in [-0.25, -0.2) is 13.7 Å². The van der Waals surface area contributed by atoms with Crippen molar-refractivity contribution in [2.24, 2.45) is 0 Å². The van der Waals surface area contributed by atoms with Gasteiger partial charge in [0.2, 0.25) is 0 Å². The minimum atomic E-state index is -5.16. The average Bonchev–Trinajstić information content (AvgIpc) is 3.73. The number of fused-ring (bicyclic) bond motifs is 3. The Morgan fingerprint density at radius 1 is 0.456 bits per heavy atom. The zero-order valence-electron chi connectivity index (χ0n) is 29.0. The lowest BCUT2D eigenvalue weighted by molar-refractivity contribution is -0.255. The number of hydrogen-bond acceptors (Lipinski definition) is 12. The first-order valence-corrected chi connectivity index (χ1v) is 23.9. The summed E-state index contributed by atoms with van der Waals surface area (Å²) in [6.45, 7) is 0. The molecule has 0 bridgehead atoms. The van der Waals surface area contributed by atoms with Crippen LogP contribution in [0.4, 0.5) is 25.2 Å². The molecular weight excluding hydrogens is 1090 g/mol. The highest BCUT2D eigenvalue weighted by molar-refractivity contribution is 9.11. The minimum absolute atomic E-state index is 0. The van der Waals surface area contributed by atoms with Crippen LogP contribution in [0.2, 0.25) is 0 Å². The number of carboxylic acid groups (broad SMARTS) is 3. The molecule has 0 saturated carbocycles. The topological polar surface area (TPSA) is 281 Å². The van der Waals surface area contributed by atoms with Crippen molar-refractivity contribution in [2.45, 2.75) is 18.5 Å². The molecule has 57 heavy (non-hydrogen) atoms. The Morgan fingerprint density at radius 3 is 0.842 bits per heavy atom. The molecule has 12 nitrogen and oxygen atoms in total.